The fourth-order valence-corrected chi connectivity index (χ4v) is 3.03. The van der Waals surface area contributed by atoms with Gasteiger partial charge in [0.2, 0.25) is 0 Å². The summed E-state index contributed by atoms with van der Waals surface area (Å²) in [5, 5.41) is 5.59. The summed E-state index contributed by atoms with van der Waals surface area (Å²) in [6.07, 6.45) is 2.16. The minimum atomic E-state index is -0.00526. The van der Waals surface area contributed by atoms with E-state index in [-0.39, 0.29) is 11.8 Å². The SMILES string of the molecule is CCCC(Nc1ccc(N)c(C(C)=O)c1)c1cccs1. The van der Waals surface area contributed by atoms with E-state index < -0.39 is 0 Å². The molecule has 0 saturated heterocycles. The number of hydrogen-bond donors (Lipinski definition) is 2. The number of nitrogens with two attached hydrogens (primary N) is 1. The molecule has 3 nitrogen and oxygen atoms in total. The lowest BCUT2D eigenvalue weighted by Gasteiger charge is -2.19. The number of ketones is 1. The first-order valence-corrected chi connectivity index (χ1v) is 7.70. The molecule has 2 rings (SSSR count). The van der Waals surface area contributed by atoms with Crippen molar-refractivity contribution in [2.75, 3.05) is 11.1 Å². The molecule has 0 aliphatic carbocycles. The van der Waals surface area contributed by atoms with Crippen LogP contribution < -0.4 is 11.1 Å². The lowest BCUT2D eigenvalue weighted by molar-refractivity contribution is 0.101. The Bertz CT molecular complexity index is 578. The molecule has 1 aromatic carbocycles. The molecule has 4 heteroatoms. The average Bonchev–Trinajstić information content (AvgIpc) is 2.94. The summed E-state index contributed by atoms with van der Waals surface area (Å²) in [7, 11) is 0. The van der Waals surface area contributed by atoms with Gasteiger partial charge < -0.3 is 11.1 Å². The van der Waals surface area contributed by atoms with Crippen molar-refractivity contribution >= 4 is 28.5 Å². The third-order valence-electron chi connectivity index (χ3n) is 3.24. The van der Waals surface area contributed by atoms with Gasteiger partial charge in [-0.25, -0.2) is 0 Å². The van der Waals surface area contributed by atoms with Crippen molar-refractivity contribution in [3.8, 4) is 0 Å². The molecule has 2 aromatic rings. The van der Waals surface area contributed by atoms with Gasteiger partial charge in [0.25, 0.3) is 0 Å². The first kappa shape index (κ1) is 14.6. The highest BCUT2D eigenvalue weighted by atomic mass is 32.1. The number of nitrogen functional groups attached to an aromatic ring is 1. The van der Waals surface area contributed by atoms with Gasteiger partial charge in [-0.2, -0.15) is 0 Å². The summed E-state index contributed by atoms with van der Waals surface area (Å²) in [5.41, 5.74) is 7.88. The third kappa shape index (κ3) is 3.39. The Morgan fingerprint density at radius 1 is 1.40 bits per heavy atom. The van der Waals surface area contributed by atoms with Gasteiger partial charge in [0.15, 0.2) is 5.78 Å². The maximum absolute atomic E-state index is 11.6. The van der Waals surface area contributed by atoms with E-state index in [1.165, 1.54) is 11.8 Å². The Morgan fingerprint density at radius 3 is 2.80 bits per heavy atom. The molecule has 0 aliphatic rings. The summed E-state index contributed by atoms with van der Waals surface area (Å²) in [6.45, 7) is 3.71. The molecule has 3 N–H and O–H groups in total. The number of thiophene rings is 1. The summed E-state index contributed by atoms with van der Waals surface area (Å²) < 4.78 is 0. The number of rotatable bonds is 6. The highest BCUT2D eigenvalue weighted by Gasteiger charge is 2.13. The Labute approximate surface area is 123 Å². The van der Waals surface area contributed by atoms with Gasteiger partial charge in [0.1, 0.15) is 0 Å². The minimum Gasteiger partial charge on any atom is -0.398 e. The number of hydrogen-bond acceptors (Lipinski definition) is 4. The van der Waals surface area contributed by atoms with Crippen LogP contribution >= 0.6 is 11.3 Å². The lowest BCUT2D eigenvalue weighted by Crippen LogP contribution is -2.10. The quantitative estimate of drug-likeness (QED) is 0.608. The van der Waals surface area contributed by atoms with Crippen LogP contribution in [0.25, 0.3) is 0 Å². The Morgan fingerprint density at radius 2 is 2.20 bits per heavy atom. The number of carbonyl (C=O) groups excluding carboxylic acids is 1. The minimum absolute atomic E-state index is 0.00526. The van der Waals surface area contributed by atoms with E-state index in [0.29, 0.717) is 11.3 Å². The van der Waals surface area contributed by atoms with Crippen LogP contribution in [-0.2, 0) is 0 Å². The van der Waals surface area contributed by atoms with Crippen molar-refractivity contribution in [2.45, 2.75) is 32.7 Å². The zero-order valence-electron chi connectivity index (χ0n) is 11.8. The van der Waals surface area contributed by atoms with Gasteiger partial charge in [-0.15, -0.1) is 11.3 Å². The van der Waals surface area contributed by atoms with Crippen LogP contribution in [0.2, 0.25) is 0 Å². The molecule has 0 fully saturated rings. The maximum atomic E-state index is 11.6. The molecular weight excluding hydrogens is 268 g/mol. The topological polar surface area (TPSA) is 55.1 Å². The van der Waals surface area contributed by atoms with Gasteiger partial charge in [0, 0.05) is 21.8 Å². The molecular formula is C16H20N2OS. The van der Waals surface area contributed by atoms with Crippen LogP contribution in [0.3, 0.4) is 0 Å². The summed E-state index contributed by atoms with van der Waals surface area (Å²) in [4.78, 5) is 12.9. The summed E-state index contributed by atoms with van der Waals surface area (Å²) in [5.74, 6) is -0.00526. The monoisotopic (exact) mass is 288 g/mol. The highest BCUT2D eigenvalue weighted by molar-refractivity contribution is 7.10. The number of nitrogens with one attached hydrogen (secondary N) is 1. The van der Waals surface area contributed by atoms with E-state index in [1.54, 1.807) is 17.4 Å². The van der Waals surface area contributed by atoms with Crippen LogP contribution in [0.1, 0.15) is 48.0 Å². The molecule has 0 amide bonds. The average molecular weight is 288 g/mol. The van der Waals surface area contributed by atoms with E-state index in [9.17, 15) is 4.79 Å². The molecule has 0 bridgehead atoms. The van der Waals surface area contributed by atoms with Crippen LogP contribution in [0.15, 0.2) is 35.7 Å². The fraction of sp³-hybridized carbons (Fsp3) is 0.312. The Balaban J connectivity index is 2.23. The van der Waals surface area contributed by atoms with Crippen molar-refractivity contribution in [1.29, 1.82) is 0 Å². The molecule has 106 valence electrons. The van der Waals surface area contributed by atoms with Gasteiger partial charge in [-0.1, -0.05) is 19.4 Å². The summed E-state index contributed by atoms with van der Waals surface area (Å²) >= 11 is 1.75. The second kappa shape index (κ2) is 6.57. The molecule has 1 atom stereocenters. The van der Waals surface area contributed by atoms with Crippen molar-refractivity contribution in [3.05, 3.63) is 46.2 Å². The summed E-state index contributed by atoms with van der Waals surface area (Å²) in [6, 6.07) is 10.0. The van der Waals surface area contributed by atoms with E-state index in [2.05, 4.69) is 29.8 Å². The van der Waals surface area contributed by atoms with E-state index >= 15 is 0 Å². The molecule has 0 spiro atoms. The zero-order valence-corrected chi connectivity index (χ0v) is 12.7. The third-order valence-corrected chi connectivity index (χ3v) is 4.22. The molecule has 20 heavy (non-hydrogen) atoms. The van der Waals surface area contributed by atoms with Gasteiger partial charge in [-0.05, 0) is 43.0 Å². The molecule has 1 heterocycles. The van der Waals surface area contributed by atoms with Gasteiger partial charge >= 0.3 is 0 Å². The second-order valence-corrected chi connectivity index (χ2v) is 5.84. The number of Topliss-reactive ketones (excluding diaryl/α,β-unsaturated/α-hetero) is 1. The van der Waals surface area contributed by atoms with Crippen molar-refractivity contribution in [2.24, 2.45) is 0 Å². The second-order valence-electron chi connectivity index (χ2n) is 4.86. The molecule has 1 unspecified atom stereocenters. The Kier molecular flexibility index (Phi) is 4.79. The number of carbonyl (C=O) groups is 1. The van der Waals surface area contributed by atoms with Gasteiger partial charge in [-0.3, -0.25) is 4.79 Å². The van der Waals surface area contributed by atoms with Crippen molar-refractivity contribution in [1.82, 2.24) is 0 Å². The van der Waals surface area contributed by atoms with E-state index in [0.717, 1.165) is 18.5 Å². The van der Waals surface area contributed by atoms with Crippen LogP contribution in [0.5, 0.6) is 0 Å². The van der Waals surface area contributed by atoms with Crippen LogP contribution in [0.4, 0.5) is 11.4 Å². The number of benzene rings is 1. The largest absolute Gasteiger partial charge is 0.398 e. The number of anilines is 2. The van der Waals surface area contributed by atoms with Crippen LogP contribution in [0, 0.1) is 0 Å². The van der Waals surface area contributed by atoms with Crippen molar-refractivity contribution < 1.29 is 4.79 Å². The normalized spacial score (nSPS) is 12.1. The van der Waals surface area contributed by atoms with Crippen molar-refractivity contribution in [3.63, 3.8) is 0 Å². The Hall–Kier alpha value is -1.81. The predicted molar refractivity (Wildman–Crippen MR) is 86.4 cm³/mol. The standard InChI is InChI=1S/C16H20N2OS/c1-3-5-15(16-6-4-9-20-16)18-12-7-8-14(17)13(10-12)11(2)19/h4,6-10,15,18H,3,5,17H2,1-2H3. The molecule has 1 aromatic heterocycles. The first-order valence-electron chi connectivity index (χ1n) is 6.82. The van der Waals surface area contributed by atoms with Gasteiger partial charge in [0.05, 0.1) is 6.04 Å². The first-order chi connectivity index (χ1) is 9.61. The van der Waals surface area contributed by atoms with E-state index in [4.69, 9.17) is 5.73 Å². The lowest BCUT2D eigenvalue weighted by atomic mass is 10.1. The smallest absolute Gasteiger partial charge is 0.161 e. The van der Waals surface area contributed by atoms with Crippen LogP contribution in [-0.4, -0.2) is 5.78 Å². The molecule has 0 radical (unpaired) electrons. The molecule has 0 aliphatic heterocycles. The zero-order chi connectivity index (χ0) is 14.5. The fourth-order valence-electron chi connectivity index (χ4n) is 2.22. The molecule has 0 saturated carbocycles. The maximum Gasteiger partial charge on any atom is 0.161 e. The predicted octanol–water partition coefficient (Wildman–Crippen LogP) is 4.49. The highest BCUT2D eigenvalue weighted by Crippen LogP contribution is 2.28. The van der Waals surface area contributed by atoms with E-state index in [1.807, 2.05) is 12.1 Å².